The number of hydrogen-bond acceptors (Lipinski definition) is 6. The number of nitrogens with one attached hydrogen (secondary N) is 1. The highest BCUT2D eigenvalue weighted by atomic mass is 32.2. The summed E-state index contributed by atoms with van der Waals surface area (Å²) >= 11 is 0. The fourth-order valence-corrected chi connectivity index (χ4v) is 6.41. The highest BCUT2D eigenvalue weighted by Crippen LogP contribution is 2.41. The molecule has 3 aliphatic rings. The van der Waals surface area contributed by atoms with Crippen LogP contribution >= 0.6 is 0 Å². The number of methoxy groups -OCH3 is 1. The summed E-state index contributed by atoms with van der Waals surface area (Å²) in [6, 6.07) is 6.41. The Bertz CT molecular complexity index is 994. The molecule has 1 aromatic carbocycles. The van der Waals surface area contributed by atoms with Crippen molar-refractivity contribution in [1.82, 2.24) is 15.1 Å². The molecule has 2 aliphatic heterocycles. The van der Waals surface area contributed by atoms with Crippen LogP contribution in [-0.4, -0.2) is 80.4 Å². The molecule has 1 spiro atoms. The fraction of sp³-hybridized carbons (Fsp3) is 0.550. The number of imide groups is 1. The lowest BCUT2D eigenvalue weighted by Gasteiger charge is -2.29. The van der Waals surface area contributed by atoms with Gasteiger partial charge in [0.15, 0.2) is 9.84 Å². The van der Waals surface area contributed by atoms with E-state index in [1.807, 2.05) is 24.3 Å². The minimum Gasteiger partial charge on any atom is -0.383 e. The molecule has 0 bridgehead atoms. The molecule has 0 radical (unpaired) electrons. The molecule has 1 N–H and O–H groups in total. The second-order valence-corrected chi connectivity index (χ2v) is 10.2. The van der Waals surface area contributed by atoms with Crippen molar-refractivity contribution in [1.29, 1.82) is 0 Å². The largest absolute Gasteiger partial charge is 0.383 e. The van der Waals surface area contributed by atoms with E-state index in [0.29, 0.717) is 19.3 Å². The number of nitrogens with zero attached hydrogens (tertiary/aromatic N) is 2. The van der Waals surface area contributed by atoms with E-state index in [-0.39, 0.29) is 24.7 Å². The van der Waals surface area contributed by atoms with Gasteiger partial charge in [-0.3, -0.25) is 14.5 Å². The van der Waals surface area contributed by atoms with Gasteiger partial charge in [0.2, 0.25) is 5.91 Å². The Morgan fingerprint density at radius 3 is 2.80 bits per heavy atom. The molecule has 1 aromatic rings. The lowest BCUT2D eigenvalue weighted by Crippen LogP contribution is -2.49. The van der Waals surface area contributed by atoms with Crippen molar-refractivity contribution in [3.63, 3.8) is 0 Å². The van der Waals surface area contributed by atoms with Gasteiger partial charge < -0.3 is 15.0 Å². The number of rotatable bonds is 6. The average Bonchev–Trinajstić information content (AvgIpc) is 3.33. The Morgan fingerprint density at radius 1 is 1.33 bits per heavy atom. The van der Waals surface area contributed by atoms with Crippen LogP contribution in [0, 0.1) is 0 Å². The van der Waals surface area contributed by atoms with Crippen molar-refractivity contribution in [3.8, 4) is 0 Å². The van der Waals surface area contributed by atoms with Crippen LogP contribution in [0.15, 0.2) is 24.3 Å². The monoisotopic (exact) mass is 435 g/mol. The normalized spacial score (nSPS) is 26.8. The zero-order chi connectivity index (χ0) is 21.5. The SMILES string of the molecule is COCCN(C(=O)CN1C(=O)N[C@@]2(CCc3ccccc32)C1=O)[C@H]1CCS(=O)(=O)C1. The highest BCUT2D eigenvalue weighted by Gasteiger charge is 2.55. The number of urea groups is 1. The number of amides is 4. The second-order valence-electron chi connectivity index (χ2n) is 8.02. The molecule has 4 rings (SSSR count). The first-order chi connectivity index (χ1) is 14.3. The minimum absolute atomic E-state index is 0.0253. The maximum atomic E-state index is 13.3. The number of hydrogen-bond donors (Lipinski definition) is 1. The summed E-state index contributed by atoms with van der Waals surface area (Å²) in [6.45, 7) is 0.0156. The van der Waals surface area contributed by atoms with Crippen LogP contribution < -0.4 is 5.32 Å². The van der Waals surface area contributed by atoms with E-state index < -0.39 is 45.8 Å². The van der Waals surface area contributed by atoms with E-state index in [9.17, 15) is 22.8 Å². The first kappa shape index (κ1) is 20.8. The average molecular weight is 436 g/mol. The summed E-state index contributed by atoms with van der Waals surface area (Å²) in [5.41, 5.74) is 0.663. The van der Waals surface area contributed by atoms with Crippen LogP contribution in [0.5, 0.6) is 0 Å². The molecule has 162 valence electrons. The summed E-state index contributed by atoms with van der Waals surface area (Å²) in [5.74, 6) is -0.977. The van der Waals surface area contributed by atoms with Crippen LogP contribution in [0.4, 0.5) is 4.79 Å². The van der Waals surface area contributed by atoms with Gasteiger partial charge in [-0.05, 0) is 30.4 Å². The topological polar surface area (TPSA) is 113 Å². The van der Waals surface area contributed by atoms with Gasteiger partial charge in [0.1, 0.15) is 12.1 Å². The van der Waals surface area contributed by atoms with Gasteiger partial charge >= 0.3 is 6.03 Å². The standard InChI is InChI=1S/C20H25N3O6S/c1-29-10-9-22(15-7-11-30(27,28)13-15)17(24)12-23-18(25)20(21-19(23)26)8-6-14-4-2-3-5-16(14)20/h2-5,15H,6-13H2,1H3,(H,21,26)/t15-,20+/m0/s1. The molecule has 0 aromatic heterocycles. The number of sulfone groups is 1. The molecule has 30 heavy (non-hydrogen) atoms. The summed E-state index contributed by atoms with van der Waals surface area (Å²) in [4.78, 5) is 41.3. The number of ether oxygens (including phenoxy) is 1. The van der Waals surface area contributed by atoms with Crippen LogP contribution in [-0.2, 0) is 36.1 Å². The minimum atomic E-state index is -3.19. The molecule has 2 saturated heterocycles. The van der Waals surface area contributed by atoms with Crippen LogP contribution in [0.25, 0.3) is 0 Å². The number of benzene rings is 1. The van der Waals surface area contributed by atoms with E-state index in [2.05, 4.69) is 5.32 Å². The molecule has 4 amide bonds. The molecular formula is C20H25N3O6S. The zero-order valence-corrected chi connectivity index (χ0v) is 17.6. The maximum Gasteiger partial charge on any atom is 0.325 e. The van der Waals surface area contributed by atoms with Gasteiger partial charge in [-0.25, -0.2) is 13.2 Å². The van der Waals surface area contributed by atoms with E-state index >= 15 is 0 Å². The first-order valence-electron chi connectivity index (χ1n) is 9.99. The van der Waals surface area contributed by atoms with Gasteiger partial charge in [-0.2, -0.15) is 0 Å². The molecule has 1 aliphatic carbocycles. The Kier molecular flexibility index (Phi) is 5.31. The van der Waals surface area contributed by atoms with Crippen LogP contribution in [0.2, 0.25) is 0 Å². The Balaban J connectivity index is 1.53. The summed E-state index contributed by atoms with van der Waals surface area (Å²) < 4.78 is 28.8. The predicted molar refractivity (Wildman–Crippen MR) is 107 cm³/mol. The maximum absolute atomic E-state index is 13.3. The van der Waals surface area contributed by atoms with Crippen LogP contribution in [0.1, 0.15) is 24.0 Å². The molecule has 0 saturated carbocycles. The smallest absolute Gasteiger partial charge is 0.325 e. The van der Waals surface area contributed by atoms with E-state index in [4.69, 9.17) is 4.74 Å². The van der Waals surface area contributed by atoms with E-state index in [0.717, 1.165) is 16.0 Å². The fourth-order valence-electron chi connectivity index (χ4n) is 4.68. The van der Waals surface area contributed by atoms with Gasteiger partial charge in [-0.1, -0.05) is 24.3 Å². The van der Waals surface area contributed by atoms with Crippen LogP contribution in [0.3, 0.4) is 0 Å². The molecular weight excluding hydrogens is 410 g/mol. The first-order valence-corrected chi connectivity index (χ1v) is 11.8. The van der Waals surface area contributed by atoms with Gasteiger partial charge in [0.05, 0.1) is 18.1 Å². The summed E-state index contributed by atoms with van der Waals surface area (Å²) in [7, 11) is -1.70. The zero-order valence-electron chi connectivity index (χ0n) is 16.8. The lowest BCUT2D eigenvalue weighted by atomic mass is 9.92. The third-order valence-corrected chi connectivity index (χ3v) is 7.97. The van der Waals surface area contributed by atoms with Crippen molar-refractivity contribution in [2.45, 2.75) is 30.8 Å². The highest BCUT2D eigenvalue weighted by molar-refractivity contribution is 7.91. The van der Waals surface area contributed by atoms with Crippen molar-refractivity contribution in [2.75, 3.05) is 38.3 Å². The van der Waals surface area contributed by atoms with E-state index in [1.54, 1.807) is 0 Å². The third-order valence-electron chi connectivity index (χ3n) is 6.22. The van der Waals surface area contributed by atoms with Crippen molar-refractivity contribution in [3.05, 3.63) is 35.4 Å². The molecule has 2 heterocycles. The van der Waals surface area contributed by atoms with Gasteiger partial charge in [0, 0.05) is 19.7 Å². The lowest BCUT2D eigenvalue weighted by molar-refractivity contribution is -0.140. The number of carbonyl (C=O) groups excluding carboxylic acids is 3. The molecule has 2 atom stereocenters. The Morgan fingerprint density at radius 2 is 2.10 bits per heavy atom. The molecule has 2 fully saturated rings. The Labute approximate surface area is 175 Å². The predicted octanol–water partition coefficient (Wildman–Crippen LogP) is 0.0420. The van der Waals surface area contributed by atoms with Crippen molar-refractivity contribution in [2.24, 2.45) is 0 Å². The molecule has 10 heteroatoms. The number of carbonyl (C=O) groups is 3. The number of aryl methyl sites for hydroxylation is 1. The second kappa shape index (κ2) is 7.66. The van der Waals surface area contributed by atoms with Crippen molar-refractivity contribution < 1.29 is 27.5 Å². The van der Waals surface area contributed by atoms with Gasteiger partial charge in [-0.15, -0.1) is 0 Å². The molecule has 9 nitrogen and oxygen atoms in total. The Hall–Kier alpha value is -2.46. The summed E-state index contributed by atoms with van der Waals surface area (Å²) in [6.07, 6.45) is 1.47. The van der Waals surface area contributed by atoms with Crippen molar-refractivity contribution >= 4 is 27.7 Å². The quantitative estimate of drug-likeness (QED) is 0.632. The number of fused-ring (bicyclic) bond motifs is 2. The molecule has 0 unspecified atom stereocenters. The van der Waals surface area contributed by atoms with E-state index in [1.165, 1.54) is 12.0 Å². The summed E-state index contributed by atoms with van der Waals surface area (Å²) in [5, 5.41) is 2.80. The van der Waals surface area contributed by atoms with Gasteiger partial charge in [0.25, 0.3) is 5.91 Å². The third kappa shape index (κ3) is 3.47.